The van der Waals surface area contributed by atoms with Crippen molar-refractivity contribution < 1.29 is 13.2 Å². The van der Waals surface area contributed by atoms with E-state index in [2.05, 4.69) is 27.3 Å². The Morgan fingerprint density at radius 3 is 2.79 bits per heavy atom. The molecule has 2 rings (SSSR count). The summed E-state index contributed by atoms with van der Waals surface area (Å²) in [5.41, 5.74) is 0. The van der Waals surface area contributed by atoms with Crippen molar-refractivity contribution in [2.24, 2.45) is 5.92 Å². The van der Waals surface area contributed by atoms with Crippen molar-refractivity contribution in [2.45, 2.75) is 30.7 Å². The highest BCUT2D eigenvalue weighted by atomic mass is 35.5. The van der Waals surface area contributed by atoms with Gasteiger partial charge in [0.2, 0.25) is 15.9 Å². The molecule has 7 nitrogen and oxygen atoms in total. The maximum atomic E-state index is 12.0. The largest absolute Gasteiger partial charge is 0.353 e. The van der Waals surface area contributed by atoms with E-state index in [0.29, 0.717) is 5.92 Å². The van der Waals surface area contributed by atoms with Crippen molar-refractivity contribution in [1.82, 2.24) is 20.3 Å². The average molecular weight is 399 g/mol. The summed E-state index contributed by atoms with van der Waals surface area (Å²) in [5, 5.41) is 6.24. The molecule has 0 spiro atoms. The highest BCUT2D eigenvalue weighted by Crippen LogP contribution is 2.10. The van der Waals surface area contributed by atoms with Gasteiger partial charge >= 0.3 is 0 Å². The van der Waals surface area contributed by atoms with Crippen LogP contribution < -0.4 is 15.4 Å². The maximum Gasteiger partial charge on any atom is 0.242 e. The molecule has 0 aliphatic carbocycles. The van der Waals surface area contributed by atoms with Crippen molar-refractivity contribution in [3.63, 3.8) is 0 Å². The molecule has 1 aliphatic rings. The van der Waals surface area contributed by atoms with Gasteiger partial charge in [0, 0.05) is 31.4 Å². The fourth-order valence-electron chi connectivity index (χ4n) is 2.40. The van der Waals surface area contributed by atoms with E-state index in [-0.39, 0.29) is 54.6 Å². The molecule has 2 unspecified atom stereocenters. The minimum absolute atomic E-state index is 0. The number of hydrogen-bond acceptors (Lipinski definition) is 5. The minimum Gasteiger partial charge on any atom is -0.353 e. The normalized spacial score (nSPS) is 20.4. The molecule has 2 atom stereocenters. The standard InChI is InChI=1S/C14H22N4O3S.2ClH/c1-11-9-16-7-4-13(11)18-14(19)5-8-17-22(20,21)12-3-2-6-15-10-12;;/h2-3,6,10-11,13,16-17H,4-5,7-9H2,1H3,(H,18,19);2*1H. The van der Waals surface area contributed by atoms with Gasteiger partial charge in [-0.3, -0.25) is 9.78 Å². The van der Waals surface area contributed by atoms with E-state index >= 15 is 0 Å². The highest BCUT2D eigenvalue weighted by molar-refractivity contribution is 7.89. The van der Waals surface area contributed by atoms with Gasteiger partial charge in [-0.15, -0.1) is 24.8 Å². The number of sulfonamides is 1. The van der Waals surface area contributed by atoms with Crippen LogP contribution in [-0.2, 0) is 14.8 Å². The van der Waals surface area contributed by atoms with E-state index in [9.17, 15) is 13.2 Å². The van der Waals surface area contributed by atoms with Gasteiger partial charge in [-0.05, 0) is 37.6 Å². The van der Waals surface area contributed by atoms with Gasteiger partial charge in [-0.1, -0.05) is 6.92 Å². The smallest absolute Gasteiger partial charge is 0.242 e. The Morgan fingerprint density at radius 1 is 1.42 bits per heavy atom. The van der Waals surface area contributed by atoms with Crippen LogP contribution in [0.15, 0.2) is 29.4 Å². The number of carbonyl (C=O) groups is 1. The van der Waals surface area contributed by atoms with E-state index in [0.717, 1.165) is 19.5 Å². The number of nitrogens with zero attached hydrogens (tertiary/aromatic N) is 1. The summed E-state index contributed by atoms with van der Waals surface area (Å²) >= 11 is 0. The van der Waals surface area contributed by atoms with Crippen molar-refractivity contribution in [3.8, 4) is 0 Å². The van der Waals surface area contributed by atoms with E-state index in [1.54, 1.807) is 6.07 Å². The fraction of sp³-hybridized carbons (Fsp3) is 0.571. The van der Waals surface area contributed by atoms with Crippen LogP contribution in [0.3, 0.4) is 0 Å². The van der Waals surface area contributed by atoms with Crippen LogP contribution in [0.4, 0.5) is 0 Å². The lowest BCUT2D eigenvalue weighted by molar-refractivity contribution is -0.122. The third kappa shape index (κ3) is 6.90. The van der Waals surface area contributed by atoms with E-state index in [4.69, 9.17) is 0 Å². The Bertz CT molecular complexity index is 601. The van der Waals surface area contributed by atoms with Gasteiger partial charge in [0.1, 0.15) is 4.90 Å². The zero-order chi connectivity index (χ0) is 16.0. The van der Waals surface area contributed by atoms with Crippen LogP contribution in [0, 0.1) is 5.92 Å². The van der Waals surface area contributed by atoms with E-state index < -0.39 is 10.0 Å². The number of aromatic nitrogens is 1. The zero-order valence-corrected chi connectivity index (χ0v) is 15.8. The molecule has 24 heavy (non-hydrogen) atoms. The number of hydrogen-bond donors (Lipinski definition) is 3. The van der Waals surface area contributed by atoms with E-state index in [1.165, 1.54) is 18.5 Å². The summed E-state index contributed by atoms with van der Waals surface area (Å²) in [4.78, 5) is 15.8. The molecule has 1 amide bonds. The van der Waals surface area contributed by atoms with Crippen molar-refractivity contribution in [2.75, 3.05) is 19.6 Å². The average Bonchev–Trinajstić information content (AvgIpc) is 2.50. The molecule has 1 aromatic rings. The number of halogens is 2. The Morgan fingerprint density at radius 2 is 2.17 bits per heavy atom. The van der Waals surface area contributed by atoms with Crippen molar-refractivity contribution in [1.29, 1.82) is 0 Å². The lowest BCUT2D eigenvalue weighted by Gasteiger charge is -2.30. The molecule has 0 aromatic carbocycles. The second kappa shape index (κ2) is 10.8. The quantitative estimate of drug-likeness (QED) is 0.654. The molecule has 0 saturated carbocycles. The lowest BCUT2D eigenvalue weighted by atomic mass is 9.95. The van der Waals surface area contributed by atoms with Gasteiger partial charge in [0.05, 0.1) is 0 Å². The summed E-state index contributed by atoms with van der Waals surface area (Å²) in [6.45, 7) is 3.94. The third-order valence-corrected chi connectivity index (χ3v) is 5.17. The second-order valence-electron chi connectivity index (χ2n) is 5.48. The minimum atomic E-state index is -3.60. The summed E-state index contributed by atoms with van der Waals surface area (Å²) < 4.78 is 26.3. The molecule has 3 N–H and O–H groups in total. The molecule has 1 aromatic heterocycles. The molecule has 1 saturated heterocycles. The number of rotatable bonds is 6. The SMILES string of the molecule is CC1CNCCC1NC(=O)CCNS(=O)(=O)c1cccnc1.Cl.Cl. The van der Waals surface area contributed by atoms with Crippen molar-refractivity contribution >= 4 is 40.7 Å². The number of pyridine rings is 1. The first-order valence-corrected chi connectivity index (χ1v) is 8.87. The van der Waals surface area contributed by atoms with Gasteiger partial charge in [-0.2, -0.15) is 0 Å². The molecular weight excluding hydrogens is 375 g/mol. The zero-order valence-electron chi connectivity index (χ0n) is 13.4. The van der Waals surface area contributed by atoms with Gasteiger partial charge < -0.3 is 10.6 Å². The maximum absolute atomic E-state index is 12.0. The fourth-order valence-corrected chi connectivity index (χ4v) is 3.39. The molecule has 10 heteroatoms. The molecule has 0 radical (unpaired) electrons. The Labute approximate surface area is 155 Å². The third-order valence-electron chi connectivity index (χ3n) is 3.72. The number of amides is 1. The number of carbonyl (C=O) groups excluding carboxylic acids is 1. The van der Waals surface area contributed by atoms with Crippen LogP contribution in [0.1, 0.15) is 19.8 Å². The molecule has 2 heterocycles. The Hall–Kier alpha value is -0.930. The number of piperidine rings is 1. The van der Waals surface area contributed by atoms with E-state index in [1.807, 2.05) is 0 Å². The second-order valence-corrected chi connectivity index (χ2v) is 7.25. The first-order chi connectivity index (χ1) is 10.5. The predicted molar refractivity (Wildman–Crippen MR) is 97.1 cm³/mol. The molecule has 1 aliphatic heterocycles. The van der Waals surface area contributed by atoms with Crippen molar-refractivity contribution in [3.05, 3.63) is 24.5 Å². The van der Waals surface area contributed by atoms with Gasteiger partial charge in [0.25, 0.3) is 0 Å². The lowest BCUT2D eigenvalue weighted by Crippen LogP contribution is -2.48. The predicted octanol–water partition coefficient (Wildman–Crippen LogP) is 0.708. The van der Waals surface area contributed by atoms with Gasteiger partial charge in [0.15, 0.2) is 0 Å². The highest BCUT2D eigenvalue weighted by Gasteiger charge is 2.22. The first kappa shape index (κ1) is 23.1. The summed E-state index contributed by atoms with van der Waals surface area (Å²) in [7, 11) is -3.60. The van der Waals surface area contributed by atoms with Crippen LogP contribution in [0.5, 0.6) is 0 Å². The van der Waals surface area contributed by atoms with Crippen LogP contribution in [-0.4, -0.2) is 45.0 Å². The van der Waals surface area contributed by atoms with Crippen LogP contribution >= 0.6 is 24.8 Å². The summed E-state index contributed by atoms with van der Waals surface area (Å²) in [5.74, 6) is 0.248. The topological polar surface area (TPSA) is 100 Å². The van der Waals surface area contributed by atoms with Crippen LogP contribution in [0.2, 0.25) is 0 Å². The van der Waals surface area contributed by atoms with Crippen LogP contribution in [0.25, 0.3) is 0 Å². The molecule has 138 valence electrons. The first-order valence-electron chi connectivity index (χ1n) is 7.39. The molecular formula is C14H24Cl2N4O3S. The Kier molecular flexibility index (Phi) is 10.4. The summed E-state index contributed by atoms with van der Waals surface area (Å²) in [6.07, 6.45) is 3.80. The molecule has 0 bridgehead atoms. The molecule has 1 fully saturated rings. The summed E-state index contributed by atoms with van der Waals surface area (Å²) in [6, 6.07) is 3.18. The Balaban J connectivity index is 0.00000264. The van der Waals surface area contributed by atoms with Gasteiger partial charge in [-0.25, -0.2) is 13.1 Å². The monoisotopic (exact) mass is 398 g/mol. The number of nitrogens with one attached hydrogen (secondary N) is 3.